The minimum absolute atomic E-state index is 0.191. The van der Waals surface area contributed by atoms with Crippen molar-refractivity contribution in [1.29, 1.82) is 0 Å². The summed E-state index contributed by atoms with van der Waals surface area (Å²) < 4.78 is 11.4. The van der Waals surface area contributed by atoms with Crippen molar-refractivity contribution in [2.24, 2.45) is 0 Å². The van der Waals surface area contributed by atoms with Gasteiger partial charge in [0.2, 0.25) is 5.89 Å². The highest BCUT2D eigenvalue weighted by Crippen LogP contribution is 2.30. The Morgan fingerprint density at radius 2 is 1.81 bits per heavy atom. The van der Waals surface area contributed by atoms with Crippen LogP contribution in [0.1, 0.15) is 17.3 Å². The van der Waals surface area contributed by atoms with E-state index in [1.165, 1.54) is 0 Å². The quantitative estimate of drug-likeness (QED) is 0.371. The number of anilines is 1. The molecule has 0 atom stereocenters. The van der Waals surface area contributed by atoms with E-state index in [9.17, 15) is 4.79 Å². The predicted molar refractivity (Wildman–Crippen MR) is 123 cm³/mol. The first-order valence-electron chi connectivity index (χ1n) is 10.1. The van der Waals surface area contributed by atoms with Crippen molar-refractivity contribution in [1.82, 2.24) is 4.98 Å². The van der Waals surface area contributed by atoms with Crippen molar-refractivity contribution < 1.29 is 13.9 Å². The normalized spacial score (nSPS) is 11.0. The van der Waals surface area contributed by atoms with Crippen molar-refractivity contribution in [3.05, 3.63) is 90.5 Å². The monoisotopic (exact) mass is 408 g/mol. The fourth-order valence-electron chi connectivity index (χ4n) is 3.59. The number of ether oxygens (including phenoxy) is 1. The third-order valence-electron chi connectivity index (χ3n) is 5.08. The lowest BCUT2D eigenvalue weighted by Gasteiger charge is -2.07. The third kappa shape index (κ3) is 3.73. The van der Waals surface area contributed by atoms with Gasteiger partial charge in [-0.15, -0.1) is 0 Å². The average molecular weight is 408 g/mol. The van der Waals surface area contributed by atoms with Crippen molar-refractivity contribution in [2.45, 2.75) is 6.92 Å². The number of nitrogens with zero attached hydrogens (tertiary/aromatic N) is 1. The van der Waals surface area contributed by atoms with E-state index >= 15 is 0 Å². The van der Waals surface area contributed by atoms with Crippen LogP contribution in [0.3, 0.4) is 0 Å². The van der Waals surface area contributed by atoms with Crippen molar-refractivity contribution in [3.8, 4) is 17.2 Å². The van der Waals surface area contributed by atoms with Gasteiger partial charge in [-0.2, -0.15) is 0 Å². The maximum Gasteiger partial charge on any atom is 0.255 e. The van der Waals surface area contributed by atoms with Gasteiger partial charge in [0, 0.05) is 22.2 Å². The molecule has 31 heavy (non-hydrogen) atoms. The van der Waals surface area contributed by atoms with Crippen LogP contribution in [-0.2, 0) is 0 Å². The summed E-state index contributed by atoms with van der Waals surface area (Å²) in [7, 11) is 0. The van der Waals surface area contributed by atoms with E-state index in [0.717, 1.165) is 33.2 Å². The van der Waals surface area contributed by atoms with Gasteiger partial charge < -0.3 is 14.5 Å². The zero-order chi connectivity index (χ0) is 21.2. The number of hydrogen-bond acceptors (Lipinski definition) is 4. The number of nitrogens with one attached hydrogen (secondary N) is 1. The second-order valence-corrected chi connectivity index (χ2v) is 7.14. The van der Waals surface area contributed by atoms with E-state index in [-0.39, 0.29) is 5.91 Å². The van der Waals surface area contributed by atoms with Crippen LogP contribution >= 0.6 is 0 Å². The summed E-state index contributed by atoms with van der Waals surface area (Å²) in [5.74, 6) is 1.07. The lowest BCUT2D eigenvalue weighted by Crippen LogP contribution is -2.11. The first-order valence-corrected chi connectivity index (χ1v) is 10.1. The Kier molecular flexibility index (Phi) is 4.84. The van der Waals surface area contributed by atoms with Gasteiger partial charge in [-0.3, -0.25) is 4.79 Å². The first kappa shape index (κ1) is 18.9. The highest BCUT2D eigenvalue weighted by Gasteiger charge is 2.12. The van der Waals surface area contributed by atoms with Gasteiger partial charge in [0.1, 0.15) is 11.3 Å². The van der Waals surface area contributed by atoms with Crippen LogP contribution in [-0.4, -0.2) is 17.5 Å². The molecule has 0 aliphatic heterocycles. The molecule has 5 rings (SSSR count). The molecule has 0 saturated heterocycles. The average Bonchev–Trinajstić information content (AvgIpc) is 3.25. The summed E-state index contributed by atoms with van der Waals surface area (Å²) in [4.78, 5) is 17.4. The Morgan fingerprint density at radius 3 is 2.65 bits per heavy atom. The molecule has 0 aliphatic carbocycles. The summed E-state index contributed by atoms with van der Waals surface area (Å²) in [6, 6.07) is 26.6. The summed E-state index contributed by atoms with van der Waals surface area (Å²) in [6.07, 6.45) is 0. The van der Waals surface area contributed by atoms with Crippen LogP contribution in [0.25, 0.3) is 33.3 Å². The van der Waals surface area contributed by atoms with E-state index in [1.54, 1.807) is 24.3 Å². The molecule has 1 amide bonds. The largest absolute Gasteiger partial charge is 0.494 e. The Hall–Kier alpha value is -4.12. The molecule has 152 valence electrons. The summed E-state index contributed by atoms with van der Waals surface area (Å²) in [5.41, 5.74) is 3.59. The van der Waals surface area contributed by atoms with Crippen molar-refractivity contribution >= 4 is 33.5 Å². The molecule has 5 nitrogen and oxygen atoms in total. The highest BCUT2D eigenvalue weighted by molar-refractivity contribution is 6.05. The van der Waals surface area contributed by atoms with Gasteiger partial charge in [-0.05, 0) is 60.8 Å². The SMILES string of the molecule is CCOc1ccc(C(=O)Nc2cccc(-c3nc4c(ccc5ccccc54)o3)c2)cc1. The maximum absolute atomic E-state index is 12.6. The maximum atomic E-state index is 12.6. The molecule has 0 aliphatic rings. The minimum atomic E-state index is -0.191. The number of amides is 1. The van der Waals surface area contributed by atoms with E-state index in [1.807, 2.05) is 61.5 Å². The van der Waals surface area contributed by atoms with Crippen LogP contribution in [0, 0.1) is 0 Å². The van der Waals surface area contributed by atoms with Gasteiger partial charge in [-0.1, -0.05) is 36.4 Å². The molecule has 0 unspecified atom stereocenters. The molecular formula is C26H20N2O3. The van der Waals surface area contributed by atoms with E-state index in [0.29, 0.717) is 23.7 Å². The molecule has 5 heteroatoms. The smallest absolute Gasteiger partial charge is 0.255 e. The fraction of sp³-hybridized carbons (Fsp3) is 0.0769. The molecule has 0 fully saturated rings. The van der Waals surface area contributed by atoms with Crippen LogP contribution in [0.5, 0.6) is 5.75 Å². The lowest BCUT2D eigenvalue weighted by atomic mass is 10.1. The molecule has 0 radical (unpaired) electrons. The van der Waals surface area contributed by atoms with Crippen LogP contribution in [0.4, 0.5) is 5.69 Å². The Morgan fingerprint density at radius 1 is 0.968 bits per heavy atom. The molecule has 0 spiro atoms. The van der Waals surface area contributed by atoms with Crippen LogP contribution < -0.4 is 10.1 Å². The van der Waals surface area contributed by atoms with E-state index in [4.69, 9.17) is 14.1 Å². The Balaban J connectivity index is 1.42. The number of benzene rings is 4. The van der Waals surface area contributed by atoms with Crippen LogP contribution in [0.2, 0.25) is 0 Å². The van der Waals surface area contributed by atoms with E-state index < -0.39 is 0 Å². The van der Waals surface area contributed by atoms with E-state index in [2.05, 4.69) is 11.4 Å². The molecular weight excluding hydrogens is 388 g/mol. The molecule has 5 aromatic rings. The predicted octanol–water partition coefficient (Wildman–Crippen LogP) is 6.30. The van der Waals surface area contributed by atoms with Gasteiger partial charge in [0.25, 0.3) is 5.91 Å². The summed E-state index contributed by atoms with van der Waals surface area (Å²) in [5, 5.41) is 5.10. The van der Waals surface area contributed by atoms with Gasteiger partial charge in [-0.25, -0.2) is 4.98 Å². The lowest BCUT2D eigenvalue weighted by molar-refractivity contribution is 0.102. The molecule has 0 saturated carbocycles. The number of hydrogen-bond donors (Lipinski definition) is 1. The van der Waals surface area contributed by atoms with Crippen molar-refractivity contribution in [2.75, 3.05) is 11.9 Å². The molecule has 0 bridgehead atoms. The number of rotatable bonds is 5. The summed E-state index contributed by atoms with van der Waals surface area (Å²) in [6.45, 7) is 2.51. The van der Waals surface area contributed by atoms with Crippen LogP contribution in [0.15, 0.2) is 89.3 Å². The Labute approximate surface area is 179 Å². The molecule has 4 aromatic carbocycles. The first-order chi connectivity index (χ1) is 15.2. The van der Waals surface area contributed by atoms with Gasteiger partial charge in [0.15, 0.2) is 5.58 Å². The fourth-order valence-corrected chi connectivity index (χ4v) is 3.59. The number of fused-ring (bicyclic) bond motifs is 3. The summed E-state index contributed by atoms with van der Waals surface area (Å²) >= 11 is 0. The second-order valence-electron chi connectivity index (χ2n) is 7.14. The second kappa shape index (κ2) is 7.95. The highest BCUT2D eigenvalue weighted by atomic mass is 16.5. The van der Waals surface area contributed by atoms with Gasteiger partial charge in [0.05, 0.1) is 6.61 Å². The minimum Gasteiger partial charge on any atom is -0.494 e. The Bertz CT molecular complexity index is 1390. The number of carbonyl (C=O) groups excluding carboxylic acids is 1. The number of carbonyl (C=O) groups is 1. The molecule has 1 heterocycles. The number of aromatic nitrogens is 1. The zero-order valence-electron chi connectivity index (χ0n) is 17.0. The topological polar surface area (TPSA) is 64.4 Å². The number of oxazole rings is 1. The standard InChI is InChI=1S/C26H20N2O3/c1-2-30-21-13-10-18(11-14-21)25(29)27-20-8-5-7-19(16-20)26-28-24-22-9-4-3-6-17(22)12-15-23(24)31-26/h3-16H,2H2,1H3,(H,27,29). The zero-order valence-corrected chi connectivity index (χ0v) is 17.0. The van der Waals surface area contributed by atoms with Crippen molar-refractivity contribution in [3.63, 3.8) is 0 Å². The third-order valence-corrected chi connectivity index (χ3v) is 5.08. The van der Waals surface area contributed by atoms with Gasteiger partial charge >= 0.3 is 0 Å². The molecule has 1 N–H and O–H groups in total. The molecule has 1 aromatic heterocycles.